The van der Waals surface area contributed by atoms with Crippen LogP contribution in [0.4, 0.5) is 64.1 Å². The number of halogens is 14. The zero-order valence-corrected chi connectivity index (χ0v) is 69.3. The van der Waals surface area contributed by atoms with Crippen molar-refractivity contribution >= 4 is 87.8 Å². The minimum Gasteiger partial charge on any atom is -0.480 e. The summed E-state index contributed by atoms with van der Waals surface area (Å²) in [6.45, 7) is 6.34. The minimum absolute atomic E-state index is 0.0338. The van der Waals surface area contributed by atoms with Crippen LogP contribution in [0.3, 0.4) is 0 Å². The smallest absolute Gasteiger partial charge is 0.325 e. The molecule has 10 aromatic rings. The number of ketones is 1. The number of aliphatic carboxylic acids is 1. The maximum atomic E-state index is 15.5. The molecule has 0 spiro atoms. The van der Waals surface area contributed by atoms with E-state index in [9.17, 15) is 80.5 Å². The number of alkyl halides is 8. The predicted octanol–water partition coefficient (Wildman–Crippen LogP) is 15.4. The van der Waals surface area contributed by atoms with Crippen molar-refractivity contribution in [2.24, 2.45) is 25.9 Å². The standard InChI is InChI=1S/C41H39ClF6N6O4S.C31H33ClF2N4O3S.C10H8F4N2O2/c1-40(2,56)10-9-30-32(52(3)4)17-26(25-7-8-29(42)34-31(19-59(6,57)58)50-53(5)37(25)34)35(49-30)21(11-20-12-22(43)15-23(44)13-20)14-24(55)18-54-38-33(36(51-54)39(45)46)27-16-28(27)41(38,47)48;1-18(12-19-13-20(33)15-21(34)14-19)29-23(16-27(37(4)5)25(35-29)10-11-31(2,3)39)22-8-9-24(32)28-26(17-42(7,40)41)36-38(6)30(22)28;11-9(12)7-6-3-1-4(3)10(13,14)8(6)16(15-7)2-5(17)18/h7-8,12-13,15,17,21,27-28,39,56H,11,14,16,18-19H2,1-6H3;8-9,13-16,18,39H,12,17H2,1-7H3;3-4,9H,1-2H2,(H,17,18)/t21-,27+,28-;18-;3-,4+/m100/s1. The van der Waals surface area contributed by atoms with E-state index in [4.69, 9.17) is 38.3 Å². The normalized spacial score (nSPS) is 17.3. The van der Waals surface area contributed by atoms with Crippen molar-refractivity contribution in [1.82, 2.24) is 49.1 Å². The van der Waals surface area contributed by atoms with Gasteiger partial charge in [-0.2, -0.15) is 38.0 Å². The summed E-state index contributed by atoms with van der Waals surface area (Å²) in [5.74, 6) is -6.19. The van der Waals surface area contributed by atoms with Gasteiger partial charge in [0.2, 0.25) is 0 Å². The summed E-state index contributed by atoms with van der Waals surface area (Å²) in [5, 5.41) is 46.9. The monoisotopic (exact) mass is 1740 g/mol. The number of benzene rings is 4. The molecule has 14 rings (SSSR count). The molecule has 0 aliphatic heterocycles. The van der Waals surface area contributed by atoms with Gasteiger partial charge in [0.1, 0.15) is 81.7 Å². The summed E-state index contributed by atoms with van der Waals surface area (Å²) < 4.78 is 223. The van der Waals surface area contributed by atoms with Gasteiger partial charge in [-0.1, -0.05) is 54.1 Å². The number of Topliss-reactive ketones (excluding diaryl/α,β-unsaturated/α-hetero) is 1. The summed E-state index contributed by atoms with van der Waals surface area (Å²) >= 11 is 13.3. The molecule has 37 heteroatoms. The average Bonchev–Trinajstić information content (AvgIpc) is 1.59. The lowest BCUT2D eigenvalue weighted by Crippen LogP contribution is -2.24. The van der Waals surface area contributed by atoms with E-state index in [1.54, 1.807) is 75.9 Å². The Morgan fingerprint density at radius 3 is 1.32 bits per heavy atom. The Balaban J connectivity index is 0.000000187. The molecule has 21 nitrogen and oxygen atoms in total. The van der Waals surface area contributed by atoms with Gasteiger partial charge in [0.15, 0.2) is 25.5 Å². The van der Waals surface area contributed by atoms with Gasteiger partial charge in [0.05, 0.1) is 66.7 Å². The van der Waals surface area contributed by atoms with Crippen molar-refractivity contribution in [2.45, 2.75) is 151 Å². The number of pyridine rings is 2. The van der Waals surface area contributed by atoms with Crippen LogP contribution in [0.5, 0.6) is 0 Å². The van der Waals surface area contributed by atoms with E-state index < -0.39 is 168 Å². The molecule has 4 aliphatic carbocycles. The SMILES string of the molecule is CN(C)c1cc(-c2ccc(Cl)c3c(CS(C)(=O)=O)nn(C)c23)c([C@@H](CC(=O)Cn2nc(C(F)F)c3c2C(F)(F)[C@@H]2C[C@H]32)Cc2cc(F)cc(F)c2)nc1C#CC(C)(C)O.C[C@@H](Cc1cc(F)cc(F)c1)c1nc(C#CC(C)(C)O)c(N(C)C)cc1-c1ccc(Cl)c2c(CS(C)(=O)=O)nn(C)c12.O=C(O)Cn1nc(C(F)F)c2c1C(F)(F)[C@@H]1C[C@H]21. The lowest BCUT2D eigenvalue weighted by atomic mass is 9.85. The van der Waals surface area contributed by atoms with Gasteiger partial charge in [0.25, 0.3) is 24.7 Å². The van der Waals surface area contributed by atoms with E-state index in [2.05, 4.69) is 44.1 Å². The number of aromatic nitrogens is 10. The van der Waals surface area contributed by atoms with Crippen LogP contribution in [0.1, 0.15) is 170 Å². The van der Waals surface area contributed by atoms with E-state index in [-0.39, 0.29) is 76.1 Å². The van der Waals surface area contributed by atoms with E-state index in [1.807, 2.05) is 38.1 Å². The van der Waals surface area contributed by atoms with Crippen LogP contribution < -0.4 is 9.80 Å². The fourth-order valence-electron chi connectivity index (χ4n) is 15.7. The first-order valence-corrected chi connectivity index (χ1v) is 41.9. The number of aryl methyl sites for hydroxylation is 2. The third kappa shape index (κ3) is 18.8. The van der Waals surface area contributed by atoms with Crippen molar-refractivity contribution in [3.05, 3.63) is 185 Å². The number of nitrogens with zero attached hydrogens (tertiary/aromatic N) is 12. The number of carboxylic acids is 1. The predicted molar refractivity (Wildman–Crippen MR) is 422 cm³/mol. The molecule has 0 amide bonds. The zero-order chi connectivity index (χ0) is 87.5. The molecule has 2 saturated carbocycles. The minimum atomic E-state index is -3.59. The van der Waals surface area contributed by atoms with Crippen molar-refractivity contribution in [1.29, 1.82) is 0 Å². The summed E-state index contributed by atoms with van der Waals surface area (Å²) in [6.07, 6.45) is -4.20. The quantitative estimate of drug-likeness (QED) is 0.0420. The number of carboxylic acid groups (broad SMARTS) is 1. The van der Waals surface area contributed by atoms with Crippen LogP contribution in [-0.4, -0.2) is 145 Å². The average molecular weight is 1740 g/mol. The molecule has 6 heterocycles. The van der Waals surface area contributed by atoms with Gasteiger partial charge in [-0.15, -0.1) is 0 Å². The highest BCUT2D eigenvalue weighted by molar-refractivity contribution is 7.90. The number of fused-ring (bicyclic) bond motifs is 8. The van der Waals surface area contributed by atoms with Crippen molar-refractivity contribution in [3.63, 3.8) is 0 Å². The second kappa shape index (κ2) is 32.5. The second-order valence-corrected chi connectivity index (χ2v) is 37.1. The highest BCUT2D eigenvalue weighted by Gasteiger charge is 2.68. The third-order valence-electron chi connectivity index (χ3n) is 20.5. The largest absolute Gasteiger partial charge is 0.480 e. The molecule has 0 radical (unpaired) electrons. The number of carbonyl (C=O) groups is 2. The molecule has 4 aliphatic rings. The maximum absolute atomic E-state index is 15.5. The number of hydrogen-bond donors (Lipinski definition) is 3. The zero-order valence-electron chi connectivity index (χ0n) is 66.2. The van der Waals surface area contributed by atoms with E-state index in [0.29, 0.717) is 98.5 Å². The van der Waals surface area contributed by atoms with E-state index in [0.717, 1.165) is 30.7 Å². The molecule has 2 fully saturated rings. The topological polar surface area (TPSA) is 267 Å². The lowest BCUT2D eigenvalue weighted by molar-refractivity contribution is -0.138. The number of sulfone groups is 2. The van der Waals surface area contributed by atoms with Crippen LogP contribution >= 0.6 is 23.2 Å². The maximum Gasteiger partial charge on any atom is 0.325 e. The third-order valence-corrected chi connectivity index (χ3v) is 22.8. The highest BCUT2D eigenvalue weighted by atomic mass is 35.5. The van der Waals surface area contributed by atoms with Gasteiger partial charge in [-0.3, -0.25) is 28.3 Å². The summed E-state index contributed by atoms with van der Waals surface area (Å²) in [6, 6.07) is 16.6. The summed E-state index contributed by atoms with van der Waals surface area (Å²) in [7, 11) is 3.43. The molecule has 0 bridgehead atoms. The van der Waals surface area contributed by atoms with Gasteiger partial charge < -0.3 is 25.1 Å². The Morgan fingerprint density at radius 1 is 0.571 bits per heavy atom. The first-order valence-electron chi connectivity index (χ1n) is 37.0. The van der Waals surface area contributed by atoms with Crippen molar-refractivity contribution in [2.75, 3.05) is 50.5 Å². The summed E-state index contributed by atoms with van der Waals surface area (Å²) in [4.78, 5) is 38.2. The number of rotatable bonds is 22. The number of anilines is 2. The van der Waals surface area contributed by atoms with Crippen molar-refractivity contribution < 1.29 is 94.4 Å². The molecule has 6 atom stereocenters. The fourth-order valence-corrected chi connectivity index (χ4v) is 17.7. The Kier molecular flexibility index (Phi) is 24.1. The van der Waals surface area contributed by atoms with Crippen LogP contribution in [0.2, 0.25) is 10.0 Å². The molecule has 3 N–H and O–H groups in total. The van der Waals surface area contributed by atoms with Gasteiger partial charge >= 0.3 is 5.97 Å². The first-order chi connectivity index (χ1) is 55.2. The molecular weight excluding hydrogens is 1660 g/mol. The van der Waals surface area contributed by atoms with Crippen LogP contribution in [-0.2, 0) is 92.6 Å². The van der Waals surface area contributed by atoms with Crippen LogP contribution in [0.15, 0.2) is 72.8 Å². The molecule has 6 aromatic heterocycles. The van der Waals surface area contributed by atoms with Crippen LogP contribution in [0, 0.1) is 58.8 Å². The molecule has 632 valence electrons. The van der Waals surface area contributed by atoms with Gasteiger partial charge in [-0.25, -0.2) is 61.9 Å². The fraction of sp³-hybridized carbons (Fsp3) is 0.415. The molecule has 0 saturated heterocycles. The molecular formula is C82H80Cl2F12N12O9S2. The lowest BCUT2D eigenvalue weighted by Gasteiger charge is -2.24. The molecule has 4 aromatic carbocycles. The summed E-state index contributed by atoms with van der Waals surface area (Å²) in [5.41, 5.74) is 0.713. The van der Waals surface area contributed by atoms with E-state index in [1.165, 1.54) is 30.7 Å². The Hall–Kier alpha value is -10.0. The molecule has 0 unspecified atom stereocenters. The van der Waals surface area contributed by atoms with Crippen LogP contribution in [0.25, 0.3) is 44.1 Å². The Labute approximate surface area is 686 Å². The number of aliphatic hydroxyl groups is 2. The highest BCUT2D eigenvalue weighted by Crippen LogP contribution is 2.69. The first kappa shape index (κ1) is 88.3. The molecule has 119 heavy (non-hydrogen) atoms. The second-order valence-electron chi connectivity index (χ2n) is 32.0. The van der Waals surface area contributed by atoms with Crippen molar-refractivity contribution in [3.8, 4) is 45.9 Å². The Morgan fingerprint density at radius 2 is 0.950 bits per heavy atom. The van der Waals surface area contributed by atoms with Gasteiger partial charge in [-0.05, 0) is 137 Å². The van der Waals surface area contributed by atoms with Gasteiger partial charge in [0, 0.05) is 141 Å². The van der Waals surface area contributed by atoms with E-state index >= 15 is 8.78 Å². The Bertz CT molecular complexity index is 6110. The number of hydrogen-bond acceptors (Lipinski definition) is 16. The number of carbonyl (C=O) groups excluding carboxylic acids is 1.